The molecule has 19 heavy (non-hydrogen) atoms. The summed E-state index contributed by atoms with van der Waals surface area (Å²) in [5.41, 5.74) is 2.06. The molecule has 6 nitrogen and oxygen atoms in total. The fourth-order valence-corrected chi connectivity index (χ4v) is 1.97. The monoisotopic (exact) mass is 261 g/mol. The molecule has 2 N–H and O–H groups in total. The molecule has 0 spiro atoms. The quantitative estimate of drug-likeness (QED) is 0.814. The van der Waals surface area contributed by atoms with Crippen LogP contribution < -0.4 is 5.32 Å². The van der Waals surface area contributed by atoms with E-state index in [0.717, 1.165) is 17.7 Å². The summed E-state index contributed by atoms with van der Waals surface area (Å²) in [5, 5.41) is 23.8. The molecule has 0 aliphatic rings. The maximum atomic E-state index is 9.23. The van der Waals surface area contributed by atoms with Crippen molar-refractivity contribution in [2.45, 2.75) is 32.4 Å². The minimum atomic E-state index is 0.117. The summed E-state index contributed by atoms with van der Waals surface area (Å²) in [6, 6.07) is 8.30. The Labute approximate surface area is 112 Å². The van der Waals surface area contributed by atoms with Gasteiger partial charge in [0.15, 0.2) is 0 Å². The fraction of sp³-hybridized carbons (Fsp3) is 0.462. The Balaban J connectivity index is 2.14. The van der Waals surface area contributed by atoms with Gasteiger partial charge >= 0.3 is 0 Å². The maximum Gasteiger partial charge on any atom is 0.143 e. The zero-order valence-corrected chi connectivity index (χ0v) is 11.2. The zero-order valence-electron chi connectivity index (χ0n) is 11.2. The summed E-state index contributed by atoms with van der Waals surface area (Å²) in [6.45, 7) is 4.28. The van der Waals surface area contributed by atoms with Crippen LogP contribution in [0.3, 0.4) is 0 Å². The number of hydrogen-bond donors (Lipinski definition) is 2. The molecule has 0 saturated heterocycles. The Morgan fingerprint density at radius 2 is 2.26 bits per heavy atom. The Morgan fingerprint density at radius 3 is 2.89 bits per heavy atom. The number of aliphatic hydroxyl groups excluding tert-OH is 1. The smallest absolute Gasteiger partial charge is 0.143 e. The van der Waals surface area contributed by atoms with E-state index in [1.807, 2.05) is 18.2 Å². The lowest BCUT2D eigenvalue weighted by atomic mass is 10.1. The number of benzene rings is 1. The van der Waals surface area contributed by atoms with E-state index in [-0.39, 0.29) is 18.7 Å². The normalized spacial score (nSPS) is 14.3. The Hall–Kier alpha value is -1.79. The first kappa shape index (κ1) is 13.6. The van der Waals surface area contributed by atoms with Crippen molar-refractivity contribution in [3.8, 4) is 5.69 Å². The number of hydrogen-bond acceptors (Lipinski definition) is 5. The Kier molecular flexibility index (Phi) is 4.59. The molecule has 2 aromatic rings. The molecule has 2 rings (SSSR count). The molecule has 0 bridgehead atoms. The van der Waals surface area contributed by atoms with Crippen LogP contribution in [0.1, 0.15) is 31.9 Å². The Morgan fingerprint density at radius 1 is 1.42 bits per heavy atom. The number of nitrogens with zero attached hydrogens (tertiary/aromatic N) is 4. The van der Waals surface area contributed by atoms with E-state index in [0.29, 0.717) is 0 Å². The molecule has 1 aromatic carbocycles. The highest BCUT2D eigenvalue weighted by molar-refractivity contribution is 5.35. The SMILES string of the molecule is CC[C@@H](CO)NC(C)c1cccc(-n2cnnn2)c1. The van der Waals surface area contributed by atoms with Crippen molar-refractivity contribution < 1.29 is 5.11 Å². The number of tetrazole rings is 1. The third kappa shape index (κ3) is 3.36. The van der Waals surface area contributed by atoms with Crippen molar-refractivity contribution in [3.05, 3.63) is 36.2 Å². The molecule has 0 saturated carbocycles. The van der Waals surface area contributed by atoms with Crippen molar-refractivity contribution >= 4 is 0 Å². The van der Waals surface area contributed by atoms with E-state index in [4.69, 9.17) is 0 Å². The predicted molar refractivity (Wildman–Crippen MR) is 71.9 cm³/mol. The summed E-state index contributed by atoms with van der Waals surface area (Å²) < 4.78 is 1.62. The first-order chi connectivity index (χ1) is 9.24. The first-order valence-electron chi connectivity index (χ1n) is 6.44. The molecule has 0 amide bonds. The van der Waals surface area contributed by atoms with Crippen LogP contribution in [0.2, 0.25) is 0 Å². The standard InChI is InChI=1S/C13H19N5O/c1-3-12(8-19)15-10(2)11-5-4-6-13(7-11)18-9-14-16-17-18/h4-7,9-10,12,15,19H,3,8H2,1-2H3/t10?,12-/m0/s1. The molecular weight excluding hydrogens is 242 g/mol. The third-order valence-electron chi connectivity index (χ3n) is 3.18. The van der Waals surface area contributed by atoms with Crippen LogP contribution >= 0.6 is 0 Å². The number of aromatic nitrogens is 4. The van der Waals surface area contributed by atoms with E-state index in [2.05, 4.69) is 40.8 Å². The maximum absolute atomic E-state index is 9.23. The van der Waals surface area contributed by atoms with Crippen LogP contribution in [0.15, 0.2) is 30.6 Å². The van der Waals surface area contributed by atoms with Gasteiger partial charge in [0.1, 0.15) is 6.33 Å². The van der Waals surface area contributed by atoms with Gasteiger partial charge in [-0.2, -0.15) is 0 Å². The van der Waals surface area contributed by atoms with Gasteiger partial charge in [0.25, 0.3) is 0 Å². The molecule has 0 aliphatic heterocycles. The summed E-state index contributed by atoms with van der Waals surface area (Å²) in [6.07, 6.45) is 2.47. The van der Waals surface area contributed by atoms with Crippen molar-refractivity contribution in [2.24, 2.45) is 0 Å². The highest BCUT2D eigenvalue weighted by atomic mass is 16.3. The minimum absolute atomic E-state index is 0.117. The van der Waals surface area contributed by atoms with E-state index < -0.39 is 0 Å². The van der Waals surface area contributed by atoms with Gasteiger partial charge in [-0.15, -0.1) is 5.10 Å². The summed E-state index contributed by atoms with van der Waals surface area (Å²) in [5.74, 6) is 0. The van der Waals surface area contributed by atoms with Crippen LogP contribution in [0.5, 0.6) is 0 Å². The van der Waals surface area contributed by atoms with Crippen LogP contribution in [0.25, 0.3) is 5.69 Å². The fourth-order valence-electron chi connectivity index (χ4n) is 1.97. The predicted octanol–water partition coefficient (Wildman–Crippen LogP) is 1.08. The van der Waals surface area contributed by atoms with Gasteiger partial charge in [0.05, 0.1) is 12.3 Å². The van der Waals surface area contributed by atoms with Gasteiger partial charge in [0.2, 0.25) is 0 Å². The second-order valence-corrected chi connectivity index (χ2v) is 4.53. The number of aliphatic hydroxyl groups is 1. The first-order valence-corrected chi connectivity index (χ1v) is 6.44. The zero-order chi connectivity index (χ0) is 13.7. The van der Waals surface area contributed by atoms with Crippen LogP contribution in [0, 0.1) is 0 Å². The molecular formula is C13H19N5O. The molecule has 2 atom stereocenters. The molecule has 6 heteroatoms. The third-order valence-corrected chi connectivity index (χ3v) is 3.18. The second kappa shape index (κ2) is 6.40. The van der Waals surface area contributed by atoms with E-state index >= 15 is 0 Å². The second-order valence-electron chi connectivity index (χ2n) is 4.53. The van der Waals surface area contributed by atoms with Crippen molar-refractivity contribution in [3.63, 3.8) is 0 Å². The van der Waals surface area contributed by atoms with Crippen molar-refractivity contribution in [2.75, 3.05) is 6.61 Å². The number of rotatable bonds is 6. The highest BCUT2D eigenvalue weighted by Crippen LogP contribution is 2.17. The van der Waals surface area contributed by atoms with E-state index in [1.54, 1.807) is 11.0 Å². The average Bonchev–Trinajstić information content (AvgIpc) is 2.99. The summed E-state index contributed by atoms with van der Waals surface area (Å²) in [4.78, 5) is 0. The molecule has 1 unspecified atom stereocenters. The summed E-state index contributed by atoms with van der Waals surface area (Å²) in [7, 11) is 0. The molecule has 0 aliphatic carbocycles. The van der Waals surface area contributed by atoms with E-state index in [1.165, 1.54) is 0 Å². The molecule has 1 heterocycles. The lowest BCUT2D eigenvalue weighted by Gasteiger charge is -2.21. The van der Waals surface area contributed by atoms with Crippen LogP contribution in [-0.2, 0) is 0 Å². The lowest BCUT2D eigenvalue weighted by molar-refractivity contribution is 0.230. The van der Waals surface area contributed by atoms with Crippen molar-refractivity contribution in [1.29, 1.82) is 0 Å². The van der Waals surface area contributed by atoms with Gasteiger partial charge in [-0.05, 0) is 41.5 Å². The van der Waals surface area contributed by atoms with Gasteiger partial charge in [-0.25, -0.2) is 4.68 Å². The number of nitrogens with one attached hydrogen (secondary N) is 1. The topological polar surface area (TPSA) is 75.9 Å². The summed E-state index contributed by atoms with van der Waals surface area (Å²) >= 11 is 0. The van der Waals surface area contributed by atoms with E-state index in [9.17, 15) is 5.11 Å². The lowest BCUT2D eigenvalue weighted by Crippen LogP contribution is -2.33. The van der Waals surface area contributed by atoms with Gasteiger partial charge < -0.3 is 10.4 Å². The average molecular weight is 261 g/mol. The highest BCUT2D eigenvalue weighted by Gasteiger charge is 2.11. The van der Waals surface area contributed by atoms with Crippen LogP contribution in [0.4, 0.5) is 0 Å². The largest absolute Gasteiger partial charge is 0.395 e. The molecule has 0 fully saturated rings. The van der Waals surface area contributed by atoms with Gasteiger partial charge in [0, 0.05) is 12.1 Å². The van der Waals surface area contributed by atoms with Gasteiger partial charge in [-0.1, -0.05) is 19.1 Å². The molecule has 0 radical (unpaired) electrons. The molecule has 1 aromatic heterocycles. The van der Waals surface area contributed by atoms with Crippen LogP contribution in [-0.4, -0.2) is 38.0 Å². The molecule has 102 valence electrons. The minimum Gasteiger partial charge on any atom is -0.395 e. The van der Waals surface area contributed by atoms with Gasteiger partial charge in [-0.3, -0.25) is 0 Å². The Bertz CT molecular complexity index is 495. The van der Waals surface area contributed by atoms with Crippen molar-refractivity contribution in [1.82, 2.24) is 25.5 Å².